The average Bonchev–Trinajstić information content (AvgIpc) is 2.00. The van der Waals surface area contributed by atoms with Crippen molar-refractivity contribution in [3.05, 3.63) is 10.1 Å². The van der Waals surface area contributed by atoms with E-state index in [-0.39, 0.29) is 11.6 Å². The third-order valence-electron chi connectivity index (χ3n) is 0.896. The van der Waals surface area contributed by atoms with Crippen LogP contribution in [0.3, 0.4) is 0 Å². The predicted molar refractivity (Wildman–Crippen MR) is 55.7 cm³/mol. The Morgan fingerprint density at radius 2 is 1.77 bits per heavy atom. The Morgan fingerprint density at radius 3 is 2.08 bits per heavy atom. The van der Waals surface area contributed by atoms with Crippen molar-refractivity contribution in [2.45, 2.75) is 10.7 Å². The summed E-state index contributed by atoms with van der Waals surface area (Å²) in [5.41, 5.74) is 0. The summed E-state index contributed by atoms with van der Waals surface area (Å²) in [5, 5.41) is -0.805. The molecule has 0 N–H and O–H groups in total. The molecule has 0 spiro atoms. The lowest BCUT2D eigenvalue weighted by molar-refractivity contribution is -0.137. The van der Waals surface area contributed by atoms with Gasteiger partial charge in [0.05, 0.1) is 11.6 Å². The predicted octanol–water partition coefficient (Wildman–Crippen LogP) is 3.61. The zero-order valence-corrected chi connectivity index (χ0v) is 10.2. The van der Waals surface area contributed by atoms with Gasteiger partial charge in [-0.2, -0.15) is 0 Å². The molecule has 0 aliphatic rings. The number of ether oxygens (including phenoxy) is 1. The highest BCUT2D eigenvalue weighted by Crippen LogP contribution is 2.39. The van der Waals surface area contributed by atoms with Crippen LogP contribution in [-0.2, 0) is 9.53 Å². The number of carbonyl (C=O) groups excluding carboxylic acids is 1. The average molecular weight is 286 g/mol. The van der Waals surface area contributed by atoms with Crippen LogP contribution >= 0.6 is 58.0 Å². The molecule has 0 atom stereocenters. The molecule has 0 aliphatic heterocycles. The van der Waals surface area contributed by atoms with Gasteiger partial charge >= 0.3 is 5.97 Å². The van der Waals surface area contributed by atoms with E-state index >= 15 is 0 Å². The molecule has 0 aromatic carbocycles. The topological polar surface area (TPSA) is 26.3 Å². The van der Waals surface area contributed by atoms with Gasteiger partial charge in [0.15, 0.2) is 0 Å². The van der Waals surface area contributed by atoms with Crippen LogP contribution in [0.2, 0.25) is 0 Å². The Kier molecular flexibility index (Phi) is 5.80. The molecule has 0 aromatic rings. The number of allylic oxidation sites excluding steroid dienone is 1. The van der Waals surface area contributed by atoms with Crippen molar-refractivity contribution in [3.8, 4) is 0 Å². The molecular formula is C6H5Cl5O2. The fraction of sp³-hybridized carbons (Fsp3) is 0.500. The standard InChI is InChI=1S/C6H5Cl5O2/c1-2-13-5(12)3(7)4(8)6(9,10)11/h2H2,1H3/b4-3+. The van der Waals surface area contributed by atoms with Crippen molar-refractivity contribution >= 4 is 64.0 Å². The van der Waals surface area contributed by atoms with E-state index in [9.17, 15) is 4.79 Å². The first-order valence-electron chi connectivity index (χ1n) is 3.10. The second-order valence-electron chi connectivity index (χ2n) is 1.85. The maximum atomic E-state index is 11.0. The first kappa shape index (κ1) is 13.7. The summed E-state index contributed by atoms with van der Waals surface area (Å²) in [5.74, 6) is -0.819. The highest BCUT2D eigenvalue weighted by atomic mass is 35.6. The SMILES string of the molecule is CCOC(=O)/C(Cl)=C(\Cl)C(Cl)(Cl)Cl. The quantitative estimate of drug-likeness (QED) is 0.440. The summed E-state index contributed by atoms with van der Waals surface area (Å²) in [6.07, 6.45) is 0. The van der Waals surface area contributed by atoms with Crippen molar-refractivity contribution in [2.75, 3.05) is 6.61 Å². The Morgan fingerprint density at radius 1 is 1.31 bits per heavy atom. The third-order valence-corrected chi connectivity index (χ3v) is 2.67. The summed E-state index contributed by atoms with van der Waals surface area (Å²) in [7, 11) is 0. The van der Waals surface area contributed by atoms with Crippen LogP contribution in [0, 0.1) is 0 Å². The number of esters is 1. The van der Waals surface area contributed by atoms with Gasteiger partial charge in [-0.05, 0) is 6.92 Å². The van der Waals surface area contributed by atoms with E-state index in [2.05, 4.69) is 4.74 Å². The minimum absolute atomic E-state index is 0.166. The molecule has 0 heterocycles. The second kappa shape index (κ2) is 5.52. The maximum Gasteiger partial charge on any atom is 0.351 e. The van der Waals surface area contributed by atoms with Gasteiger partial charge in [0.25, 0.3) is 0 Å². The summed E-state index contributed by atoms with van der Waals surface area (Å²) in [6.45, 7) is 1.78. The number of carbonyl (C=O) groups is 1. The molecule has 13 heavy (non-hydrogen) atoms. The van der Waals surface area contributed by atoms with Gasteiger partial charge in [0, 0.05) is 0 Å². The van der Waals surface area contributed by atoms with Gasteiger partial charge in [-0.15, -0.1) is 0 Å². The molecule has 0 radical (unpaired) electrons. The van der Waals surface area contributed by atoms with Gasteiger partial charge in [-0.1, -0.05) is 58.0 Å². The molecule has 0 saturated carbocycles. The van der Waals surface area contributed by atoms with Gasteiger partial charge < -0.3 is 4.74 Å². The van der Waals surface area contributed by atoms with Gasteiger partial charge in [0.1, 0.15) is 5.03 Å². The third kappa shape index (κ3) is 4.61. The van der Waals surface area contributed by atoms with Crippen molar-refractivity contribution in [1.29, 1.82) is 0 Å². The van der Waals surface area contributed by atoms with Crippen LogP contribution in [0.25, 0.3) is 0 Å². The first-order valence-corrected chi connectivity index (χ1v) is 4.99. The van der Waals surface area contributed by atoms with Crippen LogP contribution in [-0.4, -0.2) is 16.4 Å². The van der Waals surface area contributed by atoms with Crippen molar-refractivity contribution in [1.82, 2.24) is 0 Å². The Balaban J connectivity index is 4.72. The molecule has 0 aliphatic carbocycles. The maximum absolute atomic E-state index is 11.0. The van der Waals surface area contributed by atoms with Gasteiger partial charge in [0.2, 0.25) is 3.79 Å². The monoisotopic (exact) mass is 284 g/mol. The van der Waals surface area contributed by atoms with Crippen LogP contribution in [0.5, 0.6) is 0 Å². The van der Waals surface area contributed by atoms with E-state index in [1.807, 2.05) is 0 Å². The van der Waals surface area contributed by atoms with Crippen molar-refractivity contribution < 1.29 is 9.53 Å². The van der Waals surface area contributed by atoms with E-state index in [4.69, 9.17) is 58.0 Å². The molecule has 0 aromatic heterocycles. The summed E-state index contributed by atoms with van der Waals surface area (Å²) in [4.78, 5) is 11.0. The normalized spacial score (nSPS) is 13.7. The first-order chi connectivity index (χ1) is 5.80. The smallest absolute Gasteiger partial charge is 0.351 e. The Bertz CT molecular complexity index is 230. The zero-order valence-electron chi connectivity index (χ0n) is 6.41. The molecule has 76 valence electrons. The lowest BCUT2D eigenvalue weighted by Crippen LogP contribution is -2.11. The Hall–Kier alpha value is 0.660. The van der Waals surface area contributed by atoms with E-state index in [0.717, 1.165) is 0 Å². The van der Waals surface area contributed by atoms with Crippen LogP contribution < -0.4 is 0 Å². The number of hydrogen-bond donors (Lipinski definition) is 0. The Labute approximate surface area is 101 Å². The fourth-order valence-electron chi connectivity index (χ4n) is 0.409. The molecular weight excluding hydrogens is 281 g/mol. The second-order valence-corrected chi connectivity index (χ2v) is 4.88. The largest absolute Gasteiger partial charge is 0.462 e. The van der Waals surface area contributed by atoms with Crippen LogP contribution in [0.15, 0.2) is 10.1 Å². The number of halogens is 5. The lowest BCUT2D eigenvalue weighted by Gasteiger charge is -2.10. The minimum atomic E-state index is -1.91. The number of alkyl halides is 3. The molecule has 0 rings (SSSR count). The van der Waals surface area contributed by atoms with Gasteiger partial charge in [-0.25, -0.2) is 4.79 Å². The van der Waals surface area contributed by atoms with E-state index in [0.29, 0.717) is 0 Å². The molecule has 2 nitrogen and oxygen atoms in total. The molecule has 0 fully saturated rings. The zero-order chi connectivity index (χ0) is 10.6. The van der Waals surface area contributed by atoms with Crippen LogP contribution in [0.1, 0.15) is 6.92 Å². The minimum Gasteiger partial charge on any atom is -0.462 e. The van der Waals surface area contributed by atoms with E-state index in [1.165, 1.54) is 0 Å². The van der Waals surface area contributed by atoms with E-state index < -0.39 is 14.8 Å². The molecule has 0 bridgehead atoms. The van der Waals surface area contributed by atoms with Crippen LogP contribution in [0.4, 0.5) is 0 Å². The highest BCUT2D eigenvalue weighted by molar-refractivity contribution is 6.74. The fourth-order valence-corrected chi connectivity index (χ4v) is 1.11. The van der Waals surface area contributed by atoms with Gasteiger partial charge in [-0.3, -0.25) is 0 Å². The summed E-state index contributed by atoms with van der Waals surface area (Å²) >= 11 is 27.1. The van der Waals surface area contributed by atoms with Crippen molar-refractivity contribution in [2.24, 2.45) is 0 Å². The molecule has 0 unspecified atom stereocenters. The molecule has 0 amide bonds. The highest BCUT2D eigenvalue weighted by Gasteiger charge is 2.30. The molecule has 7 heteroatoms. The summed E-state index contributed by atoms with van der Waals surface area (Å²) in [6, 6.07) is 0. The van der Waals surface area contributed by atoms with Crippen molar-refractivity contribution in [3.63, 3.8) is 0 Å². The molecule has 0 saturated heterocycles. The van der Waals surface area contributed by atoms with E-state index in [1.54, 1.807) is 6.92 Å². The number of rotatable bonds is 2. The number of hydrogen-bond acceptors (Lipinski definition) is 2. The summed E-state index contributed by atoms with van der Waals surface area (Å²) < 4.78 is 2.62. The lowest BCUT2D eigenvalue weighted by atomic mass is 10.5.